The molecule has 0 saturated heterocycles. The molecule has 0 unspecified atom stereocenters. The van der Waals surface area contributed by atoms with E-state index in [2.05, 4.69) is 38.2 Å². The van der Waals surface area contributed by atoms with Gasteiger partial charge in [0.25, 0.3) is 0 Å². The van der Waals surface area contributed by atoms with Crippen LogP contribution in [0.2, 0.25) is 0 Å². The zero-order valence-electron chi connectivity index (χ0n) is 10.0. The molecule has 0 fully saturated rings. The number of nitrogen functional groups attached to an aromatic ring is 1. The lowest BCUT2D eigenvalue weighted by Gasteiger charge is -2.15. The first-order chi connectivity index (χ1) is 7.17. The van der Waals surface area contributed by atoms with Gasteiger partial charge in [0, 0.05) is 6.54 Å². The maximum atomic E-state index is 5.93. The minimum absolute atomic E-state index is 0.741. The van der Waals surface area contributed by atoms with Crippen LogP contribution >= 0.6 is 0 Å². The quantitative estimate of drug-likeness (QED) is 0.724. The monoisotopic (exact) mass is 206 g/mol. The average molecular weight is 206 g/mol. The van der Waals surface area contributed by atoms with Crippen molar-refractivity contribution in [3.8, 4) is 0 Å². The third kappa shape index (κ3) is 3.46. The number of nitrogens with two attached hydrogens (primary N) is 1. The van der Waals surface area contributed by atoms with Gasteiger partial charge in [-0.25, -0.2) is 0 Å². The fourth-order valence-electron chi connectivity index (χ4n) is 1.67. The summed E-state index contributed by atoms with van der Waals surface area (Å²) in [6, 6.07) is 6.16. The molecule has 0 amide bonds. The van der Waals surface area contributed by atoms with Crippen LogP contribution in [-0.4, -0.2) is 6.54 Å². The molecule has 15 heavy (non-hydrogen) atoms. The smallest absolute Gasteiger partial charge is 0.0574 e. The molecule has 0 radical (unpaired) electrons. The zero-order chi connectivity index (χ0) is 11.3. The van der Waals surface area contributed by atoms with Crippen LogP contribution in [0.25, 0.3) is 0 Å². The third-order valence-electron chi connectivity index (χ3n) is 2.94. The lowest BCUT2D eigenvalue weighted by Crippen LogP contribution is -2.13. The highest BCUT2D eigenvalue weighted by Gasteiger charge is 2.04. The maximum Gasteiger partial charge on any atom is 0.0574 e. The summed E-state index contributed by atoms with van der Waals surface area (Å²) in [7, 11) is 0. The summed E-state index contributed by atoms with van der Waals surface area (Å²) in [5.41, 5.74) is 9.05. The van der Waals surface area contributed by atoms with E-state index in [4.69, 9.17) is 5.73 Å². The molecule has 0 saturated carbocycles. The Kier molecular flexibility index (Phi) is 4.47. The van der Waals surface area contributed by atoms with E-state index in [1.54, 1.807) is 0 Å². The largest absolute Gasteiger partial charge is 0.397 e. The van der Waals surface area contributed by atoms with Gasteiger partial charge < -0.3 is 11.1 Å². The third-order valence-corrected chi connectivity index (χ3v) is 2.94. The zero-order valence-corrected chi connectivity index (χ0v) is 10.0. The van der Waals surface area contributed by atoms with E-state index in [-0.39, 0.29) is 0 Å². The van der Waals surface area contributed by atoms with Gasteiger partial charge in [-0.2, -0.15) is 0 Å². The van der Waals surface area contributed by atoms with Crippen LogP contribution in [0.3, 0.4) is 0 Å². The summed E-state index contributed by atoms with van der Waals surface area (Å²) < 4.78 is 0. The summed E-state index contributed by atoms with van der Waals surface area (Å²) in [4.78, 5) is 0. The summed E-state index contributed by atoms with van der Waals surface area (Å²) >= 11 is 0. The molecule has 0 aliphatic heterocycles. The number of hydrogen-bond donors (Lipinski definition) is 2. The summed E-state index contributed by atoms with van der Waals surface area (Å²) in [5, 5.41) is 3.42. The van der Waals surface area contributed by atoms with Crippen LogP contribution in [0.5, 0.6) is 0 Å². The van der Waals surface area contributed by atoms with Crippen molar-refractivity contribution in [3.05, 3.63) is 23.8 Å². The Bertz CT molecular complexity index is 303. The molecule has 2 heteroatoms. The second-order valence-corrected chi connectivity index (χ2v) is 4.15. The standard InChI is InChI=1S/C13H22N2/c1-4-11(5-2)9-15-13-7-6-10(3)8-12(13)14/h6-8,11,15H,4-5,9,14H2,1-3H3. The van der Waals surface area contributed by atoms with Crippen molar-refractivity contribution < 1.29 is 0 Å². The van der Waals surface area contributed by atoms with Crippen molar-refractivity contribution in [2.24, 2.45) is 5.92 Å². The second-order valence-electron chi connectivity index (χ2n) is 4.15. The highest BCUT2D eigenvalue weighted by molar-refractivity contribution is 5.66. The van der Waals surface area contributed by atoms with E-state index < -0.39 is 0 Å². The SMILES string of the molecule is CCC(CC)CNc1ccc(C)cc1N. The lowest BCUT2D eigenvalue weighted by atomic mass is 10.0. The minimum atomic E-state index is 0.741. The Balaban J connectivity index is 2.57. The Morgan fingerprint density at radius 3 is 2.47 bits per heavy atom. The Hall–Kier alpha value is -1.18. The van der Waals surface area contributed by atoms with Gasteiger partial charge in [0.05, 0.1) is 11.4 Å². The second kappa shape index (κ2) is 5.64. The molecule has 0 aliphatic rings. The van der Waals surface area contributed by atoms with Gasteiger partial charge in [0.2, 0.25) is 0 Å². The molecule has 1 aromatic rings. The first kappa shape index (κ1) is 11.9. The van der Waals surface area contributed by atoms with Crippen molar-refractivity contribution in [1.82, 2.24) is 0 Å². The van der Waals surface area contributed by atoms with Crippen molar-refractivity contribution in [1.29, 1.82) is 0 Å². The predicted molar refractivity (Wildman–Crippen MR) is 68.2 cm³/mol. The highest BCUT2D eigenvalue weighted by Crippen LogP contribution is 2.20. The van der Waals surface area contributed by atoms with Crippen LogP contribution in [0.4, 0.5) is 11.4 Å². The van der Waals surface area contributed by atoms with E-state index in [0.717, 1.165) is 23.8 Å². The van der Waals surface area contributed by atoms with Gasteiger partial charge in [-0.05, 0) is 30.5 Å². The van der Waals surface area contributed by atoms with E-state index in [9.17, 15) is 0 Å². The fourth-order valence-corrected chi connectivity index (χ4v) is 1.67. The van der Waals surface area contributed by atoms with Gasteiger partial charge in [-0.1, -0.05) is 32.8 Å². The van der Waals surface area contributed by atoms with Gasteiger partial charge in [-0.15, -0.1) is 0 Å². The predicted octanol–water partition coefficient (Wildman–Crippen LogP) is 3.43. The summed E-state index contributed by atoms with van der Waals surface area (Å²) in [6.07, 6.45) is 2.44. The maximum absolute atomic E-state index is 5.93. The van der Waals surface area contributed by atoms with E-state index >= 15 is 0 Å². The van der Waals surface area contributed by atoms with Crippen molar-refractivity contribution in [3.63, 3.8) is 0 Å². The summed E-state index contributed by atoms with van der Waals surface area (Å²) in [6.45, 7) is 7.53. The van der Waals surface area contributed by atoms with Crippen LogP contribution in [0.15, 0.2) is 18.2 Å². The van der Waals surface area contributed by atoms with Gasteiger partial charge in [-0.3, -0.25) is 0 Å². The Labute approximate surface area is 92.9 Å². The molecule has 2 nitrogen and oxygen atoms in total. The van der Waals surface area contributed by atoms with Crippen molar-refractivity contribution >= 4 is 11.4 Å². The molecule has 1 rings (SSSR count). The molecule has 0 heterocycles. The number of rotatable bonds is 5. The topological polar surface area (TPSA) is 38.0 Å². The molecule has 0 aromatic heterocycles. The molecule has 0 spiro atoms. The number of hydrogen-bond acceptors (Lipinski definition) is 2. The molecule has 0 bridgehead atoms. The van der Waals surface area contributed by atoms with E-state index in [1.165, 1.54) is 18.4 Å². The first-order valence-electron chi connectivity index (χ1n) is 5.77. The highest BCUT2D eigenvalue weighted by atomic mass is 14.9. The van der Waals surface area contributed by atoms with Gasteiger partial charge in [0.15, 0.2) is 0 Å². The molecule has 84 valence electrons. The fraction of sp³-hybridized carbons (Fsp3) is 0.538. The van der Waals surface area contributed by atoms with Gasteiger partial charge >= 0.3 is 0 Å². The Morgan fingerprint density at radius 1 is 1.27 bits per heavy atom. The van der Waals surface area contributed by atoms with Crippen LogP contribution in [-0.2, 0) is 0 Å². The minimum Gasteiger partial charge on any atom is -0.397 e. The molecular weight excluding hydrogens is 184 g/mol. The molecule has 0 atom stereocenters. The molecule has 3 N–H and O–H groups in total. The number of anilines is 2. The number of nitrogens with one attached hydrogen (secondary N) is 1. The van der Waals surface area contributed by atoms with E-state index in [0.29, 0.717) is 0 Å². The molecule has 1 aromatic carbocycles. The van der Waals surface area contributed by atoms with Crippen molar-refractivity contribution in [2.75, 3.05) is 17.6 Å². The number of benzene rings is 1. The van der Waals surface area contributed by atoms with Crippen molar-refractivity contribution in [2.45, 2.75) is 33.6 Å². The van der Waals surface area contributed by atoms with Crippen LogP contribution in [0, 0.1) is 12.8 Å². The molecule has 0 aliphatic carbocycles. The van der Waals surface area contributed by atoms with Crippen LogP contribution < -0.4 is 11.1 Å². The molecular formula is C13H22N2. The number of aryl methyl sites for hydroxylation is 1. The normalized spacial score (nSPS) is 10.7. The van der Waals surface area contributed by atoms with Gasteiger partial charge in [0.1, 0.15) is 0 Å². The summed E-state index contributed by atoms with van der Waals surface area (Å²) in [5.74, 6) is 0.741. The first-order valence-corrected chi connectivity index (χ1v) is 5.77. The lowest BCUT2D eigenvalue weighted by molar-refractivity contribution is 0.519. The average Bonchev–Trinajstić information content (AvgIpc) is 2.22. The Morgan fingerprint density at radius 2 is 1.93 bits per heavy atom. The van der Waals surface area contributed by atoms with E-state index in [1.807, 2.05) is 6.07 Å². The van der Waals surface area contributed by atoms with Crippen LogP contribution in [0.1, 0.15) is 32.3 Å².